The number of carbonyl (C=O) groups excluding carboxylic acids is 1. The molecular weight excluding hydrogens is 374 g/mol. The van der Waals surface area contributed by atoms with Gasteiger partial charge in [-0.1, -0.05) is 54.1 Å². The predicted octanol–water partition coefficient (Wildman–Crippen LogP) is 5.42. The van der Waals surface area contributed by atoms with Crippen molar-refractivity contribution >= 4 is 34.8 Å². The number of halogens is 1. The number of carbonyl (C=O) groups is 1. The summed E-state index contributed by atoms with van der Waals surface area (Å²) in [6, 6.07) is 20.9. The first kappa shape index (κ1) is 18.1. The van der Waals surface area contributed by atoms with Crippen LogP contribution in [0.3, 0.4) is 0 Å². The first-order valence-corrected chi connectivity index (χ1v) is 9.19. The zero-order valence-corrected chi connectivity index (χ0v) is 16.0. The third-order valence-electron chi connectivity index (χ3n) is 4.50. The molecule has 0 aromatic heterocycles. The molecule has 0 aliphatic carbocycles. The van der Waals surface area contributed by atoms with Crippen molar-refractivity contribution < 1.29 is 14.3 Å². The molecule has 0 bridgehead atoms. The van der Waals surface area contributed by atoms with Gasteiger partial charge in [0, 0.05) is 16.2 Å². The van der Waals surface area contributed by atoms with E-state index in [4.69, 9.17) is 21.1 Å². The first-order chi connectivity index (χ1) is 13.6. The Morgan fingerprint density at radius 3 is 2.61 bits per heavy atom. The summed E-state index contributed by atoms with van der Waals surface area (Å²) in [6.07, 6.45) is 1.84. The Hall–Kier alpha value is -3.24. The third-order valence-corrected chi connectivity index (χ3v) is 4.74. The summed E-state index contributed by atoms with van der Waals surface area (Å²) in [5.74, 6) is 1.11. The van der Waals surface area contributed by atoms with E-state index in [1.54, 1.807) is 19.2 Å². The number of hydrogen-bond donors (Lipinski definition) is 1. The van der Waals surface area contributed by atoms with Crippen LogP contribution in [0.2, 0.25) is 5.02 Å². The Morgan fingerprint density at radius 1 is 1.00 bits per heavy atom. The number of fused-ring (bicyclic) bond motifs is 1. The van der Waals surface area contributed by atoms with Gasteiger partial charge in [-0.05, 0) is 41.5 Å². The highest BCUT2D eigenvalue weighted by atomic mass is 35.5. The smallest absolute Gasteiger partial charge is 0.256 e. The van der Waals surface area contributed by atoms with Crippen LogP contribution in [0.4, 0.5) is 5.69 Å². The highest BCUT2D eigenvalue weighted by Crippen LogP contribution is 2.36. The van der Waals surface area contributed by atoms with Crippen LogP contribution < -0.4 is 14.8 Å². The summed E-state index contributed by atoms with van der Waals surface area (Å²) in [5, 5.41) is 3.43. The van der Waals surface area contributed by atoms with Crippen molar-refractivity contribution in [2.24, 2.45) is 0 Å². The van der Waals surface area contributed by atoms with E-state index < -0.39 is 0 Å². The van der Waals surface area contributed by atoms with Gasteiger partial charge in [0.25, 0.3) is 5.91 Å². The molecule has 1 N–H and O–H groups in total. The van der Waals surface area contributed by atoms with E-state index in [9.17, 15) is 4.79 Å². The molecular formula is C23H18ClNO3. The molecule has 0 atom stereocenters. The van der Waals surface area contributed by atoms with Crippen molar-refractivity contribution in [3.05, 3.63) is 88.4 Å². The number of methoxy groups -OCH3 is 1. The molecule has 4 nitrogen and oxygen atoms in total. The lowest BCUT2D eigenvalue weighted by molar-refractivity contribution is -0.110. The first-order valence-electron chi connectivity index (χ1n) is 8.82. The highest BCUT2D eigenvalue weighted by molar-refractivity contribution is 6.36. The number of amides is 1. The van der Waals surface area contributed by atoms with Gasteiger partial charge in [-0.3, -0.25) is 4.79 Å². The number of ether oxygens (including phenoxy) is 2. The van der Waals surface area contributed by atoms with Gasteiger partial charge >= 0.3 is 0 Å². The molecule has 1 aliphatic heterocycles. The van der Waals surface area contributed by atoms with Crippen molar-refractivity contribution in [1.29, 1.82) is 0 Å². The average Bonchev–Trinajstić information content (AvgIpc) is 3.01. The predicted molar refractivity (Wildman–Crippen MR) is 112 cm³/mol. The van der Waals surface area contributed by atoms with Gasteiger partial charge in [0.15, 0.2) is 11.5 Å². The monoisotopic (exact) mass is 391 g/mol. The lowest BCUT2D eigenvalue weighted by Crippen LogP contribution is -2.03. The second-order valence-corrected chi connectivity index (χ2v) is 6.82. The lowest BCUT2D eigenvalue weighted by atomic mass is 10.0. The number of nitrogens with one attached hydrogen (secondary N) is 1. The largest absolute Gasteiger partial charge is 0.493 e. The molecule has 0 fully saturated rings. The van der Waals surface area contributed by atoms with E-state index in [-0.39, 0.29) is 5.91 Å². The third kappa shape index (κ3) is 3.73. The molecule has 1 aliphatic rings. The maximum absolute atomic E-state index is 12.4. The molecule has 0 spiro atoms. The van der Waals surface area contributed by atoms with Gasteiger partial charge in [-0.2, -0.15) is 0 Å². The molecule has 0 unspecified atom stereocenters. The topological polar surface area (TPSA) is 47.6 Å². The van der Waals surface area contributed by atoms with E-state index in [1.807, 2.05) is 60.7 Å². The van der Waals surface area contributed by atoms with Gasteiger partial charge in [-0.15, -0.1) is 0 Å². The summed E-state index contributed by atoms with van der Waals surface area (Å²) in [6.45, 7) is 0.430. The van der Waals surface area contributed by atoms with Crippen LogP contribution in [0.15, 0.2) is 66.7 Å². The molecule has 1 heterocycles. The van der Waals surface area contributed by atoms with E-state index in [1.165, 1.54) is 0 Å². The normalized spacial score (nSPS) is 13.9. The fraction of sp³-hybridized carbons (Fsp3) is 0.0870. The van der Waals surface area contributed by atoms with Crippen LogP contribution in [-0.2, 0) is 11.4 Å². The minimum Gasteiger partial charge on any atom is -0.493 e. The minimum atomic E-state index is -0.153. The molecule has 3 aromatic carbocycles. The molecule has 140 valence electrons. The van der Waals surface area contributed by atoms with Crippen LogP contribution >= 0.6 is 11.6 Å². The lowest BCUT2D eigenvalue weighted by Gasteiger charge is -2.12. The Balaban J connectivity index is 1.64. The quantitative estimate of drug-likeness (QED) is 0.591. The fourth-order valence-corrected chi connectivity index (χ4v) is 3.28. The Labute approximate surface area is 168 Å². The maximum Gasteiger partial charge on any atom is 0.256 e. The van der Waals surface area contributed by atoms with Crippen molar-refractivity contribution in [3.63, 3.8) is 0 Å². The number of benzene rings is 3. The van der Waals surface area contributed by atoms with Gasteiger partial charge in [0.1, 0.15) is 6.61 Å². The van der Waals surface area contributed by atoms with Crippen LogP contribution in [0.5, 0.6) is 11.5 Å². The SMILES string of the molecule is COc1ccc(/C=C2\C(=O)Nc3cc(Cl)ccc32)cc1OCc1ccccc1. The highest BCUT2D eigenvalue weighted by Gasteiger charge is 2.24. The van der Waals surface area contributed by atoms with Gasteiger partial charge in [-0.25, -0.2) is 0 Å². The summed E-state index contributed by atoms with van der Waals surface area (Å²) < 4.78 is 11.4. The molecule has 3 aromatic rings. The molecule has 1 amide bonds. The van der Waals surface area contributed by atoms with Gasteiger partial charge in [0.05, 0.1) is 12.8 Å². The maximum atomic E-state index is 12.4. The molecule has 28 heavy (non-hydrogen) atoms. The van der Waals surface area contributed by atoms with E-state index >= 15 is 0 Å². The van der Waals surface area contributed by atoms with Crippen LogP contribution in [0.1, 0.15) is 16.7 Å². The van der Waals surface area contributed by atoms with Gasteiger partial charge < -0.3 is 14.8 Å². The molecule has 0 saturated carbocycles. The zero-order chi connectivity index (χ0) is 19.5. The molecule has 0 radical (unpaired) electrons. The summed E-state index contributed by atoms with van der Waals surface area (Å²) in [5.41, 5.74) is 4.05. The average molecular weight is 392 g/mol. The molecule has 4 rings (SSSR count). The second kappa shape index (κ2) is 7.79. The summed E-state index contributed by atoms with van der Waals surface area (Å²) in [7, 11) is 1.60. The van der Waals surface area contributed by atoms with E-state index in [0.717, 1.165) is 22.4 Å². The molecule has 5 heteroatoms. The van der Waals surface area contributed by atoms with Crippen molar-refractivity contribution in [1.82, 2.24) is 0 Å². The Morgan fingerprint density at radius 2 is 1.82 bits per heavy atom. The number of anilines is 1. The minimum absolute atomic E-state index is 0.153. The number of hydrogen-bond acceptors (Lipinski definition) is 3. The zero-order valence-electron chi connectivity index (χ0n) is 15.2. The Bertz CT molecular complexity index is 1060. The standard InChI is InChI=1S/C23H18ClNO3/c1-27-21-10-7-16(12-22(21)28-14-15-5-3-2-4-6-15)11-19-18-9-8-17(24)13-20(18)25-23(19)26/h2-13H,14H2,1H3,(H,25,26)/b19-11-. The van der Waals surface area contributed by atoms with E-state index in [0.29, 0.717) is 28.7 Å². The van der Waals surface area contributed by atoms with Crippen molar-refractivity contribution in [3.8, 4) is 11.5 Å². The fourth-order valence-electron chi connectivity index (χ4n) is 3.11. The van der Waals surface area contributed by atoms with E-state index in [2.05, 4.69) is 5.32 Å². The summed E-state index contributed by atoms with van der Waals surface area (Å²) >= 11 is 6.02. The van der Waals surface area contributed by atoms with Crippen LogP contribution in [-0.4, -0.2) is 13.0 Å². The number of rotatable bonds is 5. The van der Waals surface area contributed by atoms with Crippen molar-refractivity contribution in [2.45, 2.75) is 6.61 Å². The van der Waals surface area contributed by atoms with Crippen molar-refractivity contribution in [2.75, 3.05) is 12.4 Å². The summed E-state index contributed by atoms with van der Waals surface area (Å²) in [4.78, 5) is 12.4. The molecule has 0 saturated heterocycles. The Kier molecular flexibility index (Phi) is 5.04. The second-order valence-electron chi connectivity index (χ2n) is 6.39. The van der Waals surface area contributed by atoms with Crippen LogP contribution in [0.25, 0.3) is 11.6 Å². The van der Waals surface area contributed by atoms with Gasteiger partial charge in [0.2, 0.25) is 0 Å². The van der Waals surface area contributed by atoms with Crippen LogP contribution in [0, 0.1) is 0 Å².